The Morgan fingerprint density at radius 1 is 1.43 bits per heavy atom. The molecule has 2 rings (SSSR count). The van der Waals surface area contributed by atoms with Crippen LogP contribution in [-0.2, 0) is 17.1 Å². The summed E-state index contributed by atoms with van der Waals surface area (Å²) in [6.07, 6.45) is 0.918. The Balaban J connectivity index is 2.38. The molecule has 1 unspecified atom stereocenters. The van der Waals surface area contributed by atoms with Crippen LogP contribution in [0.5, 0.6) is 0 Å². The quantitative estimate of drug-likeness (QED) is 0.811. The maximum Gasteiger partial charge on any atom is 0.419 e. The maximum absolute atomic E-state index is 12.3. The first-order chi connectivity index (χ1) is 9.89. The van der Waals surface area contributed by atoms with Gasteiger partial charge >= 0.3 is 5.76 Å². The summed E-state index contributed by atoms with van der Waals surface area (Å²) in [6.45, 7) is 1.75. The van der Waals surface area contributed by atoms with E-state index in [2.05, 4.69) is 4.72 Å². The number of aromatic nitrogens is 1. The minimum atomic E-state index is -3.72. The third kappa shape index (κ3) is 3.17. The van der Waals surface area contributed by atoms with Crippen molar-refractivity contribution in [3.63, 3.8) is 0 Å². The van der Waals surface area contributed by atoms with Gasteiger partial charge in [-0.05, 0) is 25.0 Å². The lowest BCUT2D eigenvalue weighted by molar-refractivity contribution is 0.270. The largest absolute Gasteiger partial charge is 0.419 e. The van der Waals surface area contributed by atoms with E-state index in [0.29, 0.717) is 18.4 Å². The first-order valence-corrected chi connectivity index (χ1v) is 8.10. The number of fused-ring (bicyclic) bond motifs is 1. The summed E-state index contributed by atoms with van der Waals surface area (Å²) >= 11 is 0. The van der Waals surface area contributed by atoms with E-state index in [1.165, 1.54) is 22.8 Å². The highest BCUT2D eigenvalue weighted by atomic mass is 32.2. The second-order valence-electron chi connectivity index (χ2n) is 4.80. The molecule has 0 fully saturated rings. The van der Waals surface area contributed by atoms with E-state index >= 15 is 0 Å². The van der Waals surface area contributed by atoms with Crippen LogP contribution in [-0.4, -0.2) is 30.7 Å². The van der Waals surface area contributed by atoms with Gasteiger partial charge in [0.2, 0.25) is 10.0 Å². The summed E-state index contributed by atoms with van der Waals surface area (Å²) in [6, 6.07) is 3.94. The molecule has 0 saturated heterocycles. The number of nitrogens with zero attached hydrogens (tertiary/aromatic N) is 1. The van der Waals surface area contributed by atoms with Crippen LogP contribution in [0.3, 0.4) is 0 Å². The molecule has 1 aromatic heterocycles. The van der Waals surface area contributed by atoms with Crippen LogP contribution in [0, 0.1) is 0 Å². The van der Waals surface area contributed by atoms with Crippen molar-refractivity contribution in [1.29, 1.82) is 0 Å². The van der Waals surface area contributed by atoms with Crippen molar-refractivity contribution >= 4 is 21.1 Å². The molecular formula is C13H18N2O5S. The third-order valence-corrected chi connectivity index (χ3v) is 4.88. The van der Waals surface area contributed by atoms with Crippen LogP contribution >= 0.6 is 0 Å². The van der Waals surface area contributed by atoms with Gasteiger partial charge in [-0.25, -0.2) is 17.9 Å². The fourth-order valence-electron chi connectivity index (χ4n) is 2.07. The number of aryl methyl sites for hydroxylation is 1. The highest BCUT2D eigenvalue weighted by Crippen LogP contribution is 2.18. The Morgan fingerprint density at radius 3 is 2.76 bits per heavy atom. The maximum atomic E-state index is 12.3. The van der Waals surface area contributed by atoms with Crippen LogP contribution in [0.1, 0.15) is 19.8 Å². The number of benzene rings is 1. The molecule has 1 aromatic carbocycles. The van der Waals surface area contributed by atoms with E-state index in [4.69, 9.17) is 9.52 Å². The summed E-state index contributed by atoms with van der Waals surface area (Å²) in [5, 5.41) is 8.92. The van der Waals surface area contributed by atoms with E-state index in [1.54, 1.807) is 7.05 Å². The number of sulfonamides is 1. The van der Waals surface area contributed by atoms with Gasteiger partial charge in [0, 0.05) is 25.8 Å². The fraction of sp³-hybridized carbons (Fsp3) is 0.462. The van der Waals surface area contributed by atoms with E-state index in [1.807, 2.05) is 6.92 Å². The first kappa shape index (κ1) is 15.7. The van der Waals surface area contributed by atoms with Gasteiger partial charge in [-0.2, -0.15) is 0 Å². The van der Waals surface area contributed by atoms with Gasteiger partial charge in [0.25, 0.3) is 0 Å². The highest BCUT2D eigenvalue weighted by molar-refractivity contribution is 7.89. The number of hydrogen-bond donors (Lipinski definition) is 2. The molecule has 0 aliphatic carbocycles. The van der Waals surface area contributed by atoms with E-state index in [-0.39, 0.29) is 23.1 Å². The molecule has 0 amide bonds. The lowest BCUT2D eigenvalue weighted by Crippen LogP contribution is -2.35. The van der Waals surface area contributed by atoms with Crippen molar-refractivity contribution in [2.45, 2.75) is 30.7 Å². The van der Waals surface area contributed by atoms with Crippen LogP contribution in [0.25, 0.3) is 11.1 Å². The molecule has 2 N–H and O–H groups in total. The number of aliphatic hydroxyl groups is 1. The molecule has 7 nitrogen and oxygen atoms in total. The number of aliphatic hydroxyl groups excluding tert-OH is 1. The SMILES string of the molecule is CCC(CCO)NS(=O)(=O)c1ccc2c(c1)oc(=O)n2C. The van der Waals surface area contributed by atoms with Crippen LogP contribution in [0.2, 0.25) is 0 Å². The Morgan fingerprint density at radius 2 is 2.14 bits per heavy atom. The second kappa shape index (κ2) is 6.00. The molecule has 0 radical (unpaired) electrons. The molecule has 21 heavy (non-hydrogen) atoms. The van der Waals surface area contributed by atoms with Gasteiger partial charge in [0.15, 0.2) is 5.58 Å². The minimum absolute atomic E-state index is 0.0285. The summed E-state index contributed by atoms with van der Waals surface area (Å²) < 4.78 is 33.4. The van der Waals surface area contributed by atoms with Gasteiger partial charge in [0.05, 0.1) is 10.4 Å². The Labute approximate surface area is 122 Å². The molecule has 0 spiro atoms. The third-order valence-electron chi connectivity index (χ3n) is 3.37. The minimum Gasteiger partial charge on any atom is -0.408 e. The Bertz CT molecular complexity index is 790. The average molecular weight is 314 g/mol. The van der Waals surface area contributed by atoms with Gasteiger partial charge in [0.1, 0.15) is 0 Å². The summed E-state index contributed by atoms with van der Waals surface area (Å²) in [5.41, 5.74) is 0.752. The molecule has 116 valence electrons. The zero-order chi connectivity index (χ0) is 15.6. The topological polar surface area (TPSA) is 102 Å². The van der Waals surface area contributed by atoms with Crippen molar-refractivity contribution < 1.29 is 17.9 Å². The monoisotopic (exact) mass is 314 g/mol. The Hall–Kier alpha value is -1.64. The number of hydrogen-bond acceptors (Lipinski definition) is 5. The standard InChI is InChI=1S/C13H18N2O5S/c1-3-9(6-7-16)14-21(18,19)10-4-5-11-12(8-10)20-13(17)15(11)2/h4-5,8-9,14,16H,3,6-7H2,1-2H3. The predicted molar refractivity (Wildman–Crippen MR) is 77.6 cm³/mol. The van der Waals surface area contributed by atoms with Crippen LogP contribution < -0.4 is 10.5 Å². The summed E-state index contributed by atoms with van der Waals surface area (Å²) in [4.78, 5) is 11.4. The number of nitrogens with one attached hydrogen (secondary N) is 1. The van der Waals surface area contributed by atoms with E-state index < -0.39 is 15.8 Å². The van der Waals surface area contributed by atoms with Crippen molar-refractivity contribution in [3.05, 3.63) is 28.7 Å². The zero-order valence-corrected chi connectivity index (χ0v) is 12.7. The lowest BCUT2D eigenvalue weighted by Gasteiger charge is -2.15. The summed E-state index contributed by atoms with van der Waals surface area (Å²) in [5.74, 6) is -0.542. The van der Waals surface area contributed by atoms with Gasteiger partial charge in [-0.3, -0.25) is 4.57 Å². The molecule has 0 saturated carbocycles. The molecule has 2 aromatic rings. The van der Waals surface area contributed by atoms with Crippen molar-refractivity contribution in [2.24, 2.45) is 7.05 Å². The van der Waals surface area contributed by atoms with Crippen molar-refractivity contribution in [1.82, 2.24) is 9.29 Å². The molecular weight excluding hydrogens is 296 g/mol. The predicted octanol–water partition coefficient (Wildman–Crippen LogP) is 0.571. The zero-order valence-electron chi connectivity index (χ0n) is 11.9. The lowest BCUT2D eigenvalue weighted by atomic mass is 10.2. The number of oxazole rings is 1. The van der Waals surface area contributed by atoms with Crippen LogP contribution in [0.4, 0.5) is 0 Å². The molecule has 0 aliphatic heterocycles. The average Bonchev–Trinajstić information content (AvgIpc) is 2.73. The van der Waals surface area contributed by atoms with Gasteiger partial charge in [-0.15, -0.1) is 0 Å². The molecule has 0 bridgehead atoms. The molecule has 8 heteroatoms. The fourth-order valence-corrected chi connectivity index (χ4v) is 3.44. The van der Waals surface area contributed by atoms with E-state index in [0.717, 1.165) is 0 Å². The smallest absolute Gasteiger partial charge is 0.408 e. The van der Waals surface area contributed by atoms with Gasteiger partial charge in [-0.1, -0.05) is 6.92 Å². The summed E-state index contributed by atoms with van der Waals surface area (Å²) in [7, 11) is -2.17. The highest BCUT2D eigenvalue weighted by Gasteiger charge is 2.20. The molecule has 1 atom stereocenters. The normalized spacial score (nSPS) is 13.7. The van der Waals surface area contributed by atoms with E-state index in [9.17, 15) is 13.2 Å². The van der Waals surface area contributed by atoms with Crippen molar-refractivity contribution in [2.75, 3.05) is 6.61 Å². The second-order valence-corrected chi connectivity index (χ2v) is 6.51. The Kier molecular flexibility index (Phi) is 4.50. The molecule has 1 heterocycles. The van der Waals surface area contributed by atoms with Gasteiger partial charge < -0.3 is 9.52 Å². The van der Waals surface area contributed by atoms with Crippen molar-refractivity contribution in [3.8, 4) is 0 Å². The first-order valence-electron chi connectivity index (χ1n) is 6.61. The molecule has 0 aliphatic rings. The number of rotatable bonds is 6. The van der Waals surface area contributed by atoms with Crippen LogP contribution in [0.15, 0.2) is 32.3 Å².